The summed E-state index contributed by atoms with van der Waals surface area (Å²) >= 11 is 0. The summed E-state index contributed by atoms with van der Waals surface area (Å²) in [7, 11) is 0. The molecule has 2 amide bonds. The Kier molecular flexibility index (Phi) is 8.45. The highest BCUT2D eigenvalue weighted by atomic mass is 19.4. The van der Waals surface area contributed by atoms with Crippen LogP contribution in [0, 0.1) is 17.5 Å². The van der Waals surface area contributed by atoms with Crippen molar-refractivity contribution in [3.63, 3.8) is 0 Å². The Balaban J connectivity index is 1.74. The minimum absolute atomic E-state index is 0.101. The molecular weight excluding hydrogens is 568 g/mol. The molecule has 3 N–H and O–H groups in total. The quantitative estimate of drug-likeness (QED) is 0.215. The van der Waals surface area contributed by atoms with E-state index in [-0.39, 0.29) is 23.2 Å². The fraction of sp³-hybridized carbons (Fsp3) is 0.179. The molecule has 2 heterocycles. The largest absolute Gasteiger partial charge is 0.435 e. The maximum atomic E-state index is 14.1. The molecular formula is C28H21F6N5O3. The maximum Gasteiger partial charge on any atom is 0.435 e. The molecule has 4 rings (SSSR count). The van der Waals surface area contributed by atoms with Gasteiger partial charge in [-0.05, 0) is 54.8 Å². The van der Waals surface area contributed by atoms with E-state index in [1.165, 1.54) is 30.5 Å². The second-order valence-corrected chi connectivity index (χ2v) is 9.24. The van der Waals surface area contributed by atoms with Crippen molar-refractivity contribution in [2.45, 2.75) is 32.1 Å². The molecule has 0 fully saturated rings. The van der Waals surface area contributed by atoms with Gasteiger partial charge in [-0.1, -0.05) is 12.1 Å². The van der Waals surface area contributed by atoms with Crippen molar-refractivity contribution < 1.29 is 40.7 Å². The van der Waals surface area contributed by atoms with Gasteiger partial charge in [0.1, 0.15) is 24.0 Å². The molecule has 0 saturated carbocycles. The van der Waals surface area contributed by atoms with E-state index in [9.17, 15) is 40.7 Å². The fourth-order valence-electron chi connectivity index (χ4n) is 4.36. The van der Waals surface area contributed by atoms with E-state index in [1.54, 1.807) is 0 Å². The van der Waals surface area contributed by atoms with E-state index in [4.69, 9.17) is 5.73 Å². The first-order valence-corrected chi connectivity index (χ1v) is 12.2. The number of alkyl halides is 3. The van der Waals surface area contributed by atoms with Gasteiger partial charge in [0.2, 0.25) is 5.91 Å². The van der Waals surface area contributed by atoms with E-state index >= 15 is 0 Å². The molecule has 0 aliphatic carbocycles. The molecule has 0 unspecified atom stereocenters. The number of halogens is 6. The Morgan fingerprint density at radius 3 is 2.29 bits per heavy atom. The van der Waals surface area contributed by atoms with Gasteiger partial charge in [-0.15, -0.1) is 0 Å². The molecule has 14 heteroatoms. The third-order valence-corrected chi connectivity index (χ3v) is 6.12. The molecule has 0 bridgehead atoms. The van der Waals surface area contributed by atoms with Crippen molar-refractivity contribution in [2.75, 3.05) is 0 Å². The molecule has 8 nitrogen and oxygen atoms in total. The van der Waals surface area contributed by atoms with Crippen LogP contribution in [0.5, 0.6) is 0 Å². The minimum Gasteiger partial charge on any atom is -0.366 e. The number of primary amides is 1. The molecule has 0 spiro atoms. The Bertz CT molecular complexity index is 1660. The van der Waals surface area contributed by atoms with Gasteiger partial charge in [0.15, 0.2) is 11.5 Å². The van der Waals surface area contributed by atoms with Gasteiger partial charge in [-0.2, -0.15) is 18.3 Å². The molecule has 42 heavy (non-hydrogen) atoms. The molecule has 0 aliphatic rings. The van der Waals surface area contributed by atoms with Crippen LogP contribution in [-0.4, -0.2) is 32.4 Å². The van der Waals surface area contributed by atoms with E-state index in [0.29, 0.717) is 16.3 Å². The number of carbonyl (C=O) groups excluding carboxylic acids is 3. The third kappa shape index (κ3) is 6.82. The van der Waals surface area contributed by atoms with Crippen LogP contribution in [0.1, 0.15) is 50.6 Å². The van der Waals surface area contributed by atoms with E-state index in [2.05, 4.69) is 15.4 Å². The molecule has 0 aliphatic heterocycles. The standard InChI is InChI=1S/C28H21F6N5O3/c1-14(40)21-12-39(38-26(21)28(32,33)34)13-24(41)37-23(9-15-7-17(29)11-18(30)8-15)25-19(3-2-6-36-25)16-4-5-22(31)20(10-16)27(35)42/h2-8,10-12,23H,9,13H2,1H3,(H2,35,42)(H,37,41)/t23-/m0/s1. The summed E-state index contributed by atoms with van der Waals surface area (Å²) in [6, 6.07) is 8.11. The second kappa shape index (κ2) is 11.8. The summed E-state index contributed by atoms with van der Waals surface area (Å²) in [5.74, 6) is -5.49. The Labute approximate surface area is 234 Å². The number of hydrogen-bond acceptors (Lipinski definition) is 5. The van der Waals surface area contributed by atoms with Crippen LogP contribution >= 0.6 is 0 Å². The highest BCUT2D eigenvalue weighted by molar-refractivity contribution is 5.95. The molecule has 2 aromatic carbocycles. The predicted octanol–water partition coefficient (Wildman–Crippen LogP) is 4.78. The van der Waals surface area contributed by atoms with E-state index < -0.39 is 70.6 Å². The van der Waals surface area contributed by atoms with Crippen molar-refractivity contribution >= 4 is 17.6 Å². The highest BCUT2D eigenvalue weighted by Crippen LogP contribution is 2.32. The van der Waals surface area contributed by atoms with Gasteiger partial charge < -0.3 is 11.1 Å². The number of nitrogens with two attached hydrogens (primary N) is 1. The minimum atomic E-state index is -4.95. The van der Waals surface area contributed by atoms with Gasteiger partial charge in [0.25, 0.3) is 5.91 Å². The van der Waals surface area contributed by atoms with Crippen molar-refractivity contribution in [1.82, 2.24) is 20.1 Å². The van der Waals surface area contributed by atoms with Crippen LogP contribution in [0.4, 0.5) is 26.3 Å². The summed E-state index contributed by atoms with van der Waals surface area (Å²) in [5.41, 5.74) is 3.45. The number of ketones is 1. The normalized spacial score (nSPS) is 12.2. The van der Waals surface area contributed by atoms with Crippen molar-refractivity contribution in [2.24, 2.45) is 5.73 Å². The first kappa shape index (κ1) is 30.0. The maximum absolute atomic E-state index is 14.1. The lowest BCUT2D eigenvalue weighted by molar-refractivity contribution is -0.142. The molecule has 1 atom stereocenters. The molecule has 4 aromatic rings. The van der Waals surface area contributed by atoms with Crippen LogP contribution < -0.4 is 11.1 Å². The molecule has 218 valence electrons. The first-order chi connectivity index (χ1) is 19.7. The highest BCUT2D eigenvalue weighted by Gasteiger charge is 2.38. The number of pyridine rings is 1. The van der Waals surface area contributed by atoms with E-state index in [0.717, 1.165) is 31.3 Å². The van der Waals surface area contributed by atoms with Gasteiger partial charge in [-0.3, -0.25) is 24.0 Å². The number of Topliss-reactive ketones (excluding diaryl/α,β-unsaturated/α-hetero) is 1. The molecule has 0 saturated heterocycles. The van der Waals surface area contributed by atoms with Gasteiger partial charge in [-0.25, -0.2) is 13.2 Å². The number of benzene rings is 2. The van der Waals surface area contributed by atoms with Crippen LogP contribution in [0.15, 0.2) is 60.9 Å². The Hall–Kier alpha value is -5.01. The summed E-state index contributed by atoms with van der Waals surface area (Å²) in [5, 5.41) is 5.93. The van der Waals surface area contributed by atoms with Crippen LogP contribution in [0.2, 0.25) is 0 Å². The van der Waals surface area contributed by atoms with Crippen LogP contribution in [0.25, 0.3) is 11.1 Å². The lowest BCUT2D eigenvalue weighted by Crippen LogP contribution is -2.34. The summed E-state index contributed by atoms with van der Waals surface area (Å²) in [6.07, 6.45) is -3.04. The van der Waals surface area contributed by atoms with Crippen molar-refractivity contribution in [3.05, 3.63) is 106 Å². The smallest absolute Gasteiger partial charge is 0.366 e. The molecule has 2 aromatic heterocycles. The van der Waals surface area contributed by atoms with Crippen molar-refractivity contribution in [3.8, 4) is 11.1 Å². The SMILES string of the molecule is CC(=O)c1cn(CC(=O)N[C@@H](Cc2cc(F)cc(F)c2)c2ncccc2-c2ccc(F)c(C(N)=O)c2)nc1C(F)(F)F. The first-order valence-electron chi connectivity index (χ1n) is 12.2. The second-order valence-electron chi connectivity index (χ2n) is 9.24. The Morgan fingerprint density at radius 2 is 1.69 bits per heavy atom. The van der Waals surface area contributed by atoms with Gasteiger partial charge in [0, 0.05) is 24.0 Å². The predicted molar refractivity (Wildman–Crippen MR) is 136 cm³/mol. The summed E-state index contributed by atoms with van der Waals surface area (Å²) in [6.45, 7) is 0.168. The Morgan fingerprint density at radius 1 is 1.00 bits per heavy atom. The number of hydrogen-bond donors (Lipinski definition) is 2. The lowest BCUT2D eigenvalue weighted by Gasteiger charge is -2.22. The topological polar surface area (TPSA) is 120 Å². The van der Waals surface area contributed by atoms with Crippen LogP contribution in [0.3, 0.4) is 0 Å². The monoisotopic (exact) mass is 589 g/mol. The van der Waals surface area contributed by atoms with Gasteiger partial charge in [0.05, 0.1) is 22.9 Å². The van der Waals surface area contributed by atoms with Crippen molar-refractivity contribution in [1.29, 1.82) is 0 Å². The van der Waals surface area contributed by atoms with E-state index in [1.807, 2.05) is 0 Å². The van der Waals surface area contributed by atoms with Crippen LogP contribution in [-0.2, 0) is 23.9 Å². The zero-order valence-electron chi connectivity index (χ0n) is 21.7. The van der Waals surface area contributed by atoms with Gasteiger partial charge >= 0.3 is 6.18 Å². The zero-order valence-corrected chi connectivity index (χ0v) is 21.7. The number of amides is 2. The average molecular weight is 589 g/mol. The molecule has 0 radical (unpaired) electrons. The lowest BCUT2D eigenvalue weighted by atomic mass is 9.94. The number of aromatic nitrogens is 3. The summed E-state index contributed by atoms with van der Waals surface area (Å²) in [4.78, 5) is 40.8. The third-order valence-electron chi connectivity index (χ3n) is 6.12. The average Bonchev–Trinajstić information content (AvgIpc) is 3.33. The number of nitrogens with one attached hydrogen (secondary N) is 1. The fourth-order valence-corrected chi connectivity index (χ4v) is 4.36. The number of nitrogens with zero attached hydrogens (tertiary/aromatic N) is 3. The number of carbonyl (C=O) groups is 3. The number of rotatable bonds is 9. The summed E-state index contributed by atoms with van der Waals surface area (Å²) < 4.78 is 82.8. The zero-order chi connectivity index (χ0) is 30.8.